The first-order valence-electron chi connectivity index (χ1n) is 6.10. The van der Waals surface area contributed by atoms with Crippen LogP contribution in [0.15, 0.2) is 66.1 Å². The van der Waals surface area contributed by atoms with E-state index in [0.29, 0.717) is 5.56 Å². The predicted molar refractivity (Wildman–Crippen MR) is 94.5 cm³/mol. The molecule has 0 bridgehead atoms. The Morgan fingerprint density at radius 1 is 1.25 bits per heavy atom. The van der Waals surface area contributed by atoms with E-state index < -0.39 is 0 Å². The highest BCUT2D eigenvalue weighted by Gasteiger charge is 2.09. The van der Waals surface area contributed by atoms with E-state index in [1.807, 2.05) is 54.6 Å². The zero-order valence-corrected chi connectivity index (χ0v) is 13.8. The van der Waals surface area contributed by atoms with Gasteiger partial charge in [0.1, 0.15) is 0 Å². The third-order valence-electron chi connectivity index (χ3n) is 2.58. The second-order valence-electron chi connectivity index (χ2n) is 4.06. The fourth-order valence-electron chi connectivity index (χ4n) is 1.67. The average Bonchev–Trinajstić information content (AvgIpc) is 2.46. The van der Waals surface area contributed by atoms with Crippen molar-refractivity contribution in [3.05, 3.63) is 70.3 Å². The molecule has 0 aliphatic heterocycles. The molecule has 0 saturated heterocycles. The summed E-state index contributed by atoms with van der Waals surface area (Å²) in [6.07, 6.45) is 1.85. The van der Waals surface area contributed by atoms with Crippen molar-refractivity contribution >= 4 is 45.9 Å². The maximum Gasteiger partial charge on any atom is 0.255 e. The van der Waals surface area contributed by atoms with Gasteiger partial charge in [0.05, 0.1) is 5.69 Å². The first kappa shape index (κ1) is 15.1. The van der Waals surface area contributed by atoms with Gasteiger partial charge in [-0.1, -0.05) is 24.3 Å². The highest BCUT2D eigenvalue weighted by molar-refractivity contribution is 14.1. The Labute approximate surface area is 136 Å². The number of rotatable bonds is 5. The van der Waals surface area contributed by atoms with E-state index in [-0.39, 0.29) is 5.91 Å². The normalized spacial score (nSPS) is 10.1. The molecular weight excluding hydrogens is 381 g/mol. The molecule has 2 aromatic rings. The molecule has 0 aliphatic rings. The molecule has 0 aliphatic carbocycles. The number of hydrogen-bond acceptors (Lipinski definition) is 2. The van der Waals surface area contributed by atoms with Gasteiger partial charge in [-0.15, -0.1) is 18.3 Å². The first-order chi connectivity index (χ1) is 9.70. The van der Waals surface area contributed by atoms with Gasteiger partial charge in [0, 0.05) is 19.8 Å². The summed E-state index contributed by atoms with van der Waals surface area (Å²) in [4.78, 5) is 13.3. The molecule has 0 radical (unpaired) electrons. The minimum absolute atomic E-state index is 0.0878. The molecular formula is C16H14INOS. The van der Waals surface area contributed by atoms with Crippen molar-refractivity contribution < 1.29 is 4.79 Å². The Balaban J connectivity index is 2.17. The van der Waals surface area contributed by atoms with Crippen LogP contribution in [-0.4, -0.2) is 11.7 Å². The van der Waals surface area contributed by atoms with Gasteiger partial charge in [0.2, 0.25) is 0 Å². The van der Waals surface area contributed by atoms with Gasteiger partial charge >= 0.3 is 0 Å². The fraction of sp³-hybridized carbons (Fsp3) is 0.0625. The van der Waals surface area contributed by atoms with E-state index in [9.17, 15) is 4.79 Å². The number of carbonyl (C=O) groups excluding carboxylic acids is 1. The van der Waals surface area contributed by atoms with Crippen LogP contribution in [0.1, 0.15) is 10.4 Å². The quantitative estimate of drug-likeness (QED) is 0.447. The minimum atomic E-state index is -0.0878. The Bertz CT molecular complexity index is 627. The van der Waals surface area contributed by atoms with Crippen LogP contribution in [-0.2, 0) is 0 Å². The van der Waals surface area contributed by atoms with E-state index in [0.717, 1.165) is 19.9 Å². The van der Waals surface area contributed by atoms with Gasteiger partial charge in [0.15, 0.2) is 0 Å². The number of thioether (sulfide) groups is 1. The van der Waals surface area contributed by atoms with Crippen molar-refractivity contribution in [3.8, 4) is 0 Å². The van der Waals surface area contributed by atoms with Crippen LogP contribution in [0.5, 0.6) is 0 Å². The van der Waals surface area contributed by atoms with Crippen molar-refractivity contribution in [1.29, 1.82) is 0 Å². The van der Waals surface area contributed by atoms with Gasteiger partial charge in [-0.3, -0.25) is 4.79 Å². The zero-order chi connectivity index (χ0) is 14.4. The molecule has 2 rings (SSSR count). The van der Waals surface area contributed by atoms with Gasteiger partial charge in [-0.25, -0.2) is 0 Å². The average molecular weight is 395 g/mol. The number of halogens is 1. The smallest absolute Gasteiger partial charge is 0.255 e. The summed E-state index contributed by atoms with van der Waals surface area (Å²) in [5.74, 6) is 0.728. The predicted octanol–water partition coefficient (Wildman–Crippen LogP) is 4.82. The SMILES string of the molecule is C=CCSc1ccccc1NC(=O)c1cccc(I)c1. The highest BCUT2D eigenvalue weighted by atomic mass is 127. The molecule has 1 amide bonds. The number of anilines is 1. The fourth-order valence-corrected chi connectivity index (χ4v) is 2.96. The Morgan fingerprint density at radius 2 is 2.05 bits per heavy atom. The second kappa shape index (κ2) is 7.50. The van der Waals surface area contributed by atoms with Crippen molar-refractivity contribution in [2.75, 3.05) is 11.1 Å². The lowest BCUT2D eigenvalue weighted by atomic mass is 10.2. The molecule has 4 heteroatoms. The number of benzene rings is 2. The first-order valence-corrected chi connectivity index (χ1v) is 8.17. The molecule has 0 aromatic heterocycles. The van der Waals surface area contributed by atoms with E-state index >= 15 is 0 Å². The van der Waals surface area contributed by atoms with Gasteiger partial charge in [-0.2, -0.15) is 0 Å². The van der Waals surface area contributed by atoms with Crippen LogP contribution >= 0.6 is 34.4 Å². The lowest BCUT2D eigenvalue weighted by molar-refractivity contribution is 0.102. The standard InChI is InChI=1S/C16H14INOS/c1-2-10-20-15-9-4-3-8-14(15)18-16(19)12-6-5-7-13(17)11-12/h2-9,11H,1,10H2,(H,18,19). The molecule has 1 N–H and O–H groups in total. The van der Waals surface area contributed by atoms with Gasteiger partial charge in [0.25, 0.3) is 5.91 Å². The molecule has 2 nitrogen and oxygen atoms in total. The maximum atomic E-state index is 12.2. The summed E-state index contributed by atoms with van der Waals surface area (Å²) in [6, 6.07) is 15.3. The summed E-state index contributed by atoms with van der Waals surface area (Å²) >= 11 is 3.85. The third kappa shape index (κ3) is 4.11. The lowest BCUT2D eigenvalue weighted by Crippen LogP contribution is -2.12. The molecule has 0 spiro atoms. The minimum Gasteiger partial charge on any atom is -0.321 e. The van der Waals surface area contributed by atoms with Crippen molar-refractivity contribution in [2.45, 2.75) is 4.90 Å². The van der Waals surface area contributed by atoms with Crippen molar-refractivity contribution in [2.24, 2.45) is 0 Å². The zero-order valence-electron chi connectivity index (χ0n) is 10.8. The lowest BCUT2D eigenvalue weighted by Gasteiger charge is -2.10. The van der Waals surface area contributed by atoms with Crippen LogP contribution in [0.25, 0.3) is 0 Å². The summed E-state index contributed by atoms with van der Waals surface area (Å²) < 4.78 is 1.05. The number of carbonyl (C=O) groups is 1. The number of para-hydroxylation sites is 1. The Kier molecular flexibility index (Phi) is 5.67. The Morgan fingerprint density at radius 3 is 2.80 bits per heavy atom. The second-order valence-corrected chi connectivity index (χ2v) is 6.37. The monoisotopic (exact) mass is 395 g/mol. The molecule has 2 aromatic carbocycles. The maximum absolute atomic E-state index is 12.2. The van der Waals surface area contributed by atoms with E-state index in [1.54, 1.807) is 11.8 Å². The van der Waals surface area contributed by atoms with Crippen molar-refractivity contribution in [3.63, 3.8) is 0 Å². The van der Waals surface area contributed by atoms with E-state index in [1.165, 1.54) is 0 Å². The van der Waals surface area contributed by atoms with Crippen LogP contribution in [0, 0.1) is 3.57 Å². The van der Waals surface area contributed by atoms with Crippen LogP contribution in [0.2, 0.25) is 0 Å². The van der Waals surface area contributed by atoms with Gasteiger partial charge < -0.3 is 5.32 Å². The molecule has 0 atom stereocenters. The number of hydrogen-bond donors (Lipinski definition) is 1. The van der Waals surface area contributed by atoms with Crippen LogP contribution in [0.3, 0.4) is 0 Å². The van der Waals surface area contributed by atoms with E-state index in [2.05, 4.69) is 34.5 Å². The van der Waals surface area contributed by atoms with Gasteiger partial charge in [-0.05, 0) is 52.9 Å². The highest BCUT2D eigenvalue weighted by Crippen LogP contribution is 2.27. The Hall–Kier alpha value is -1.27. The summed E-state index contributed by atoms with van der Waals surface area (Å²) in [5.41, 5.74) is 1.50. The summed E-state index contributed by atoms with van der Waals surface area (Å²) in [5, 5.41) is 2.97. The van der Waals surface area contributed by atoms with E-state index in [4.69, 9.17) is 0 Å². The number of amides is 1. The molecule has 102 valence electrons. The molecule has 0 saturated carbocycles. The molecule has 0 fully saturated rings. The molecule has 20 heavy (non-hydrogen) atoms. The third-order valence-corrected chi connectivity index (χ3v) is 4.32. The van der Waals surface area contributed by atoms with Crippen LogP contribution in [0.4, 0.5) is 5.69 Å². The summed E-state index contributed by atoms with van der Waals surface area (Å²) in [6.45, 7) is 3.71. The summed E-state index contributed by atoms with van der Waals surface area (Å²) in [7, 11) is 0. The molecule has 0 unspecified atom stereocenters. The topological polar surface area (TPSA) is 29.1 Å². The van der Waals surface area contributed by atoms with Crippen molar-refractivity contribution in [1.82, 2.24) is 0 Å². The largest absolute Gasteiger partial charge is 0.321 e. The number of nitrogens with one attached hydrogen (secondary N) is 1. The molecule has 0 heterocycles. The van der Waals surface area contributed by atoms with Crippen LogP contribution < -0.4 is 5.32 Å².